The quantitative estimate of drug-likeness (QED) is 0.281. The number of rotatable bonds is 7. The van der Waals surface area contributed by atoms with E-state index in [0.29, 0.717) is 17.0 Å². The number of ether oxygens (including phenoxy) is 1. The molecule has 6 heteroatoms. The normalized spacial score (nSPS) is 17.0. The van der Waals surface area contributed by atoms with E-state index in [2.05, 4.69) is 18.7 Å². The van der Waals surface area contributed by atoms with E-state index in [0.717, 1.165) is 29.9 Å². The first kappa shape index (κ1) is 24.1. The molecule has 0 radical (unpaired) electrons. The zero-order chi connectivity index (χ0) is 25.1. The Morgan fingerprint density at radius 3 is 2.23 bits per heavy atom. The van der Waals surface area contributed by atoms with Gasteiger partial charge >= 0.3 is 0 Å². The van der Waals surface area contributed by atoms with Crippen molar-refractivity contribution in [1.29, 1.82) is 0 Å². The van der Waals surface area contributed by atoms with Crippen molar-refractivity contribution >= 4 is 28.8 Å². The number of anilines is 2. The van der Waals surface area contributed by atoms with Crippen LogP contribution >= 0.6 is 0 Å². The Labute approximate surface area is 206 Å². The van der Waals surface area contributed by atoms with Crippen molar-refractivity contribution in [1.82, 2.24) is 0 Å². The number of Topliss-reactive ketones (excluding diaryl/α,β-unsaturated/α-hetero) is 1. The summed E-state index contributed by atoms with van der Waals surface area (Å²) in [5, 5.41) is 11.3. The molecule has 3 aromatic carbocycles. The van der Waals surface area contributed by atoms with Crippen LogP contribution in [0.4, 0.5) is 11.4 Å². The van der Waals surface area contributed by atoms with Crippen LogP contribution in [-0.4, -0.2) is 37.0 Å². The summed E-state index contributed by atoms with van der Waals surface area (Å²) < 4.78 is 5.28. The average molecular weight is 471 g/mol. The van der Waals surface area contributed by atoms with E-state index in [1.807, 2.05) is 55.5 Å². The van der Waals surface area contributed by atoms with Crippen LogP contribution in [0.15, 0.2) is 78.4 Å². The number of aliphatic hydroxyl groups excluding tert-OH is 1. The minimum atomic E-state index is -0.769. The Hall–Kier alpha value is -4.06. The van der Waals surface area contributed by atoms with E-state index in [9.17, 15) is 14.7 Å². The van der Waals surface area contributed by atoms with Gasteiger partial charge in [0.25, 0.3) is 11.7 Å². The number of hydrogen-bond donors (Lipinski definition) is 1. The molecule has 1 aliphatic heterocycles. The molecule has 0 aromatic heterocycles. The highest BCUT2D eigenvalue weighted by atomic mass is 16.5. The highest BCUT2D eigenvalue weighted by molar-refractivity contribution is 6.51. The average Bonchev–Trinajstić information content (AvgIpc) is 3.15. The van der Waals surface area contributed by atoms with Gasteiger partial charge in [-0.05, 0) is 62.7 Å². The lowest BCUT2D eigenvalue weighted by Gasteiger charge is -2.27. The molecule has 6 nitrogen and oxygen atoms in total. The highest BCUT2D eigenvalue weighted by Crippen LogP contribution is 2.42. The molecular formula is C29H30N2O4. The number of methoxy groups -OCH3 is 1. The number of carbonyl (C=O) groups excluding carboxylic acids is 2. The molecule has 1 N–H and O–H groups in total. The van der Waals surface area contributed by atoms with Crippen molar-refractivity contribution in [3.05, 3.63) is 95.1 Å². The molecule has 3 aromatic rings. The Kier molecular flexibility index (Phi) is 6.92. The topological polar surface area (TPSA) is 70.1 Å². The van der Waals surface area contributed by atoms with Gasteiger partial charge in [-0.2, -0.15) is 0 Å². The van der Waals surface area contributed by atoms with Crippen LogP contribution < -0.4 is 14.5 Å². The third kappa shape index (κ3) is 4.52. The van der Waals surface area contributed by atoms with Crippen molar-refractivity contribution in [2.24, 2.45) is 0 Å². The van der Waals surface area contributed by atoms with Crippen LogP contribution in [0.5, 0.6) is 5.75 Å². The molecule has 0 spiro atoms. The van der Waals surface area contributed by atoms with Crippen LogP contribution in [0.1, 0.15) is 36.6 Å². The van der Waals surface area contributed by atoms with Crippen LogP contribution in [0.3, 0.4) is 0 Å². The number of amides is 1. The van der Waals surface area contributed by atoms with Gasteiger partial charge in [0.05, 0.1) is 18.7 Å². The molecule has 4 rings (SSSR count). The van der Waals surface area contributed by atoms with Crippen LogP contribution in [0.2, 0.25) is 0 Å². The number of aryl methyl sites for hydroxylation is 1. The minimum Gasteiger partial charge on any atom is -0.507 e. The van der Waals surface area contributed by atoms with Crippen LogP contribution in [0, 0.1) is 6.92 Å². The molecular weight excluding hydrogens is 440 g/mol. The van der Waals surface area contributed by atoms with Gasteiger partial charge < -0.3 is 14.7 Å². The zero-order valence-corrected chi connectivity index (χ0v) is 20.5. The second-order valence-corrected chi connectivity index (χ2v) is 8.50. The molecule has 0 bridgehead atoms. The molecule has 35 heavy (non-hydrogen) atoms. The minimum absolute atomic E-state index is 0.0550. The predicted octanol–water partition coefficient (Wildman–Crippen LogP) is 5.48. The lowest BCUT2D eigenvalue weighted by atomic mass is 9.94. The van der Waals surface area contributed by atoms with E-state index in [1.165, 1.54) is 12.0 Å². The van der Waals surface area contributed by atoms with E-state index in [4.69, 9.17) is 4.74 Å². The summed E-state index contributed by atoms with van der Waals surface area (Å²) in [6, 6.07) is 21.3. The van der Waals surface area contributed by atoms with E-state index in [1.54, 1.807) is 24.3 Å². The maximum Gasteiger partial charge on any atom is 0.300 e. The highest BCUT2D eigenvalue weighted by Gasteiger charge is 2.47. The molecule has 1 amide bonds. The van der Waals surface area contributed by atoms with E-state index in [-0.39, 0.29) is 11.3 Å². The lowest BCUT2D eigenvalue weighted by molar-refractivity contribution is -0.132. The number of nitrogens with zero attached hydrogens (tertiary/aromatic N) is 2. The van der Waals surface area contributed by atoms with Gasteiger partial charge in [-0.3, -0.25) is 14.5 Å². The number of ketones is 1. The largest absolute Gasteiger partial charge is 0.507 e. The molecule has 0 aliphatic carbocycles. The van der Waals surface area contributed by atoms with E-state index >= 15 is 0 Å². The van der Waals surface area contributed by atoms with Crippen molar-refractivity contribution in [3.63, 3.8) is 0 Å². The van der Waals surface area contributed by atoms with Gasteiger partial charge in [-0.1, -0.05) is 42.0 Å². The Balaban J connectivity index is 1.89. The van der Waals surface area contributed by atoms with Crippen molar-refractivity contribution in [2.45, 2.75) is 26.8 Å². The monoisotopic (exact) mass is 470 g/mol. The first-order valence-electron chi connectivity index (χ1n) is 11.8. The van der Waals surface area contributed by atoms with Gasteiger partial charge in [0.2, 0.25) is 0 Å². The van der Waals surface area contributed by atoms with Gasteiger partial charge in [-0.15, -0.1) is 0 Å². The predicted molar refractivity (Wildman–Crippen MR) is 139 cm³/mol. The molecule has 1 aliphatic rings. The zero-order valence-electron chi connectivity index (χ0n) is 20.5. The number of hydrogen-bond acceptors (Lipinski definition) is 5. The molecule has 1 fully saturated rings. The standard InChI is InChI=1S/C29H30N2O4/c1-5-30(6-2)22-16-12-20(13-17-22)26-25(27(32)21-8-7-9-24(18-21)35-4)28(33)29(34)31(26)23-14-10-19(3)11-15-23/h7-18,26,32H,5-6H2,1-4H3/b27-25-. The molecule has 1 saturated heterocycles. The van der Waals surface area contributed by atoms with Crippen molar-refractivity contribution < 1.29 is 19.4 Å². The fourth-order valence-electron chi connectivity index (χ4n) is 4.50. The summed E-state index contributed by atoms with van der Waals surface area (Å²) in [7, 11) is 1.53. The Morgan fingerprint density at radius 2 is 1.63 bits per heavy atom. The summed E-state index contributed by atoms with van der Waals surface area (Å²) in [6.45, 7) is 7.89. The summed E-state index contributed by atoms with van der Waals surface area (Å²) >= 11 is 0. The van der Waals surface area contributed by atoms with Crippen molar-refractivity contribution in [2.75, 3.05) is 30.0 Å². The Bertz CT molecular complexity index is 1260. The molecule has 0 saturated carbocycles. The number of benzene rings is 3. The first-order chi connectivity index (χ1) is 16.9. The summed E-state index contributed by atoms with van der Waals surface area (Å²) in [6.07, 6.45) is 0. The van der Waals surface area contributed by atoms with Crippen LogP contribution in [-0.2, 0) is 9.59 Å². The maximum atomic E-state index is 13.3. The van der Waals surface area contributed by atoms with Gasteiger partial charge in [0.15, 0.2) is 0 Å². The third-order valence-electron chi connectivity index (χ3n) is 6.44. The second-order valence-electron chi connectivity index (χ2n) is 8.50. The lowest BCUT2D eigenvalue weighted by Crippen LogP contribution is -2.29. The SMILES string of the molecule is CCN(CC)c1ccc(C2/C(=C(/O)c3cccc(OC)c3)C(=O)C(=O)N2c2ccc(C)cc2)cc1. The van der Waals surface area contributed by atoms with Crippen molar-refractivity contribution in [3.8, 4) is 5.75 Å². The summed E-state index contributed by atoms with van der Waals surface area (Å²) in [5.41, 5.74) is 3.90. The number of carbonyl (C=O) groups is 2. The summed E-state index contributed by atoms with van der Waals surface area (Å²) in [4.78, 5) is 30.3. The smallest absolute Gasteiger partial charge is 0.300 e. The van der Waals surface area contributed by atoms with Gasteiger partial charge in [-0.25, -0.2) is 0 Å². The Morgan fingerprint density at radius 1 is 0.971 bits per heavy atom. The second kappa shape index (κ2) is 10.1. The fourth-order valence-corrected chi connectivity index (χ4v) is 4.50. The van der Waals surface area contributed by atoms with Gasteiger partial charge in [0.1, 0.15) is 11.5 Å². The fraction of sp³-hybridized carbons (Fsp3) is 0.241. The summed E-state index contributed by atoms with van der Waals surface area (Å²) in [5.74, 6) is -1.07. The third-order valence-corrected chi connectivity index (χ3v) is 6.44. The molecule has 1 atom stereocenters. The first-order valence-corrected chi connectivity index (χ1v) is 11.8. The number of aliphatic hydroxyl groups is 1. The van der Waals surface area contributed by atoms with Crippen LogP contribution in [0.25, 0.3) is 5.76 Å². The maximum absolute atomic E-state index is 13.3. The molecule has 180 valence electrons. The molecule has 1 heterocycles. The van der Waals surface area contributed by atoms with E-state index < -0.39 is 17.7 Å². The molecule has 1 unspecified atom stereocenters. The van der Waals surface area contributed by atoms with Gasteiger partial charge in [0, 0.05) is 30.0 Å².